The van der Waals surface area contributed by atoms with E-state index in [2.05, 4.69) is 19.0 Å². The fourth-order valence-electron chi connectivity index (χ4n) is 4.24. The van der Waals surface area contributed by atoms with Gasteiger partial charge in [-0.25, -0.2) is 4.39 Å². The highest BCUT2D eigenvalue weighted by Gasteiger charge is 2.35. The van der Waals surface area contributed by atoms with E-state index >= 15 is 0 Å². The second-order valence-corrected chi connectivity index (χ2v) is 8.44. The topological polar surface area (TPSA) is 46.3 Å². The molecule has 1 aliphatic carbocycles. The molecule has 0 N–H and O–H groups in total. The predicted molar refractivity (Wildman–Crippen MR) is 108 cm³/mol. The van der Waals surface area contributed by atoms with E-state index in [0.717, 1.165) is 30.5 Å². The first-order valence-electron chi connectivity index (χ1n) is 9.93. The van der Waals surface area contributed by atoms with Gasteiger partial charge in [0.2, 0.25) is 5.91 Å². The van der Waals surface area contributed by atoms with E-state index in [-0.39, 0.29) is 30.7 Å². The molecular weight excluding hydrogens is 379 g/mol. The Bertz CT molecular complexity index is 811. The molecule has 3 atom stereocenters. The molecule has 2 aromatic rings. The van der Waals surface area contributed by atoms with Crippen molar-refractivity contribution >= 4 is 17.5 Å². The molecule has 152 valence electrons. The van der Waals surface area contributed by atoms with Gasteiger partial charge in [0.05, 0.1) is 18.7 Å². The Morgan fingerprint density at radius 1 is 1.29 bits per heavy atom. The number of aromatic nitrogens is 1. The van der Waals surface area contributed by atoms with Crippen LogP contribution >= 0.6 is 11.6 Å². The van der Waals surface area contributed by atoms with Crippen LogP contribution in [0, 0.1) is 31.5 Å². The van der Waals surface area contributed by atoms with Crippen molar-refractivity contribution in [1.82, 2.24) is 10.1 Å². The molecule has 1 saturated carbocycles. The van der Waals surface area contributed by atoms with E-state index in [4.69, 9.17) is 16.1 Å². The lowest BCUT2D eigenvalue weighted by Crippen LogP contribution is -2.47. The van der Waals surface area contributed by atoms with Gasteiger partial charge in [0.15, 0.2) is 0 Å². The molecule has 1 aromatic heterocycles. The van der Waals surface area contributed by atoms with Crippen LogP contribution in [0.3, 0.4) is 0 Å². The van der Waals surface area contributed by atoms with E-state index in [0.29, 0.717) is 28.2 Å². The molecule has 0 radical (unpaired) electrons. The number of aryl methyl sites for hydroxylation is 2. The zero-order valence-electron chi connectivity index (χ0n) is 17.0. The van der Waals surface area contributed by atoms with Crippen LogP contribution in [0.15, 0.2) is 22.7 Å². The van der Waals surface area contributed by atoms with Crippen LogP contribution in [0.25, 0.3) is 0 Å². The maximum atomic E-state index is 14.5. The van der Waals surface area contributed by atoms with Gasteiger partial charge < -0.3 is 9.42 Å². The van der Waals surface area contributed by atoms with Crippen LogP contribution in [0.4, 0.5) is 4.39 Å². The number of halogens is 2. The molecule has 0 aliphatic heterocycles. The van der Waals surface area contributed by atoms with Gasteiger partial charge >= 0.3 is 0 Å². The van der Waals surface area contributed by atoms with Crippen LogP contribution in [-0.2, 0) is 17.8 Å². The quantitative estimate of drug-likeness (QED) is 0.660. The number of benzene rings is 1. The van der Waals surface area contributed by atoms with E-state index in [1.165, 1.54) is 6.07 Å². The fraction of sp³-hybridized carbons (Fsp3) is 0.545. The number of carbonyl (C=O) groups is 1. The molecule has 28 heavy (non-hydrogen) atoms. The molecule has 1 aromatic carbocycles. The van der Waals surface area contributed by atoms with Crippen LogP contribution in [-0.4, -0.2) is 22.0 Å². The Morgan fingerprint density at radius 3 is 2.68 bits per heavy atom. The van der Waals surface area contributed by atoms with Crippen molar-refractivity contribution in [2.24, 2.45) is 11.8 Å². The molecule has 1 aliphatic rings. The zero-order valence-corrected chi connectivity index (χ0v) is 17.7. The van der Waals surface area contributed by atoms with Gasteiger partial charge in [-0.3, -0.25) is 4.79 Å². The first-order valence-corrected chi connectivity index (χ1v) is 10.3. The molecule has 0 saturated heterocycles. The lowest BCUT2D eigenvalue weighted by atomic mass is 9.77. The van der Waals surface area contributed by atoms with Crippen LogP contribution in [0.1, 0.15) is 55.7 Å². The summed E-state index contributed by atoms with van der Waals surface area (Å²) in [5, 5.41) is 4.31. The number of hydrogen-bond donors (Lipinski definition) is 0. The number of rotatable bonds is 5. The Morgan fingerprint density at radius 2 is 2.04 bits per heavy atom. The summed E-state index contributed by atoms with van der Waals surface area (Å²) in [4.78, 5) is 15.2. The van der Waals surface area contributed by atoms with Gasteiger partial charge in [0, 0.05) is 22.2 Å². The molecule has 1 heterocycles. The van der Waals surface area contributed by atoms with E-state index in [1.807, 2.05) is 18.7 Å². The summed E-state index contributed by atoms with van der Waals surface area (Å²) < 4.78 is 19.7. The zero-order chi connectivity index (χ0) is 20.4. The van der Waals surface area contributed by atoms with Gasteiger partial charge in [-0.05, 0) is 44.2 Å². The normalized spacial score (nSPS) is 22.3. The lowest BCUT2D eigenvalue weighted by molar-refractivity contribution is -0.136. The average molecular weight is 407 g/mol. The smallest absolute Gasteiger partial charge is 0.227 e. The highest BCUT2D eigenvalue weighted by Crippen LogP contribution is 2.35. The molecule has 3 rings (SSSR count). The SMILES string of the molecule is Cc1noc(C)c1CC(=O)N(Cc1c(F)cccc1Cl)[C@@H]1CCC[C@@H](C)[C@H]1C. The van der Waals surface area contributed by atoms with Crippen molar-refractivity contribution in [2.75, 3.05) is 0 Å². The van der Waals surface area contributed by atoms with Gasteiger partial charge in [-0.1, -0.05) is 49.5 Å². The Hall–Kier alpha value is -1.88. The van der Waals surface area contributed by atoms with Crippen LogP contribution in [0.5, 0.6) is 0 Å². The molecule has 0 bridgehead atoms. The van der Waals surface area contributed by atoms with Gasteiger partial charge in [-0.2, -0.15) is 0 Å². The minimum Gasteiger partial charge on any atom is -0.361 e. The number of carbonyl (C=O) groups excluding carboxylic acids is 1. The first-order chi connectivity index (χ1) is 13.3. The molecular formula is C22H28ClFN2O2. The standard InChI is InChI=1S/C22H28ClFN2O2/c1-13-7-5-10-21(14(13)2)26(12-18-19(23)8-6-9-20(18)24)22(27)11-17-15(3)25-28-16(17)4/h6,8-9,13-14,21H,5,7,10-12H2,1-4H3/t13-,14-,21-/m1/s1. The highest BCUT2D eigenvalue weighted by molar-refractivity contribution is 6.31. The van der Waals surface area contributed by atoms with Crippen molar-refractivity contribution in [3.63, 3.8) is 0 Å². The molecule has 1 amide bonds. The van der Waals surface area contributed by atoms with Crippen molar-refractivity contribution in [1.29, 1.82) is 0 Å². The van der Waals surface area contributed by atoms with Gasteiger partial charge in [0.1, 0.15) is 11.6 Å². The van der Waals surface area contributed by atoms with E-state index < -0.39 is 0 Å². The lowest BCUT2D eigenvalue weighted by Gasteiger charge is -2.42. The average Bonchev–Trinajstić information content (AvgIpc) is 2.96. The number of amides is 1. The molecule has 0 unspecified atom stereocenters. The predicted octanol–water partition coefficient (Wildman–Crippen LogP) is 5.48. The second kappa shape index (κ2) is 8.64. The summed E-state index contributed by atoms with van der Waals surface area (Å²) in [5.74, 6) is 1.09. The van der Waals surface area contributed by atoms with Crippen molar-refractivity contribution in [3.05, 3.63) is 51.6 Å². The minimum atomic E-state index is -0.376. The summed E-state index contributed by atoms with van der Waals surface area (Å²) >= 11 is 6.27. The summed E-state index contributed by atoms with van der Waals surface area (Å²) in [7, 11) is 0. The summed E-state index contributed by atoms with van der Waals surface area (Å²) in [5.41, 5.74) is 1.91. The first kappa shape index (κ1) is 20.8. The monoisotopic (exact) mass is 406 g/mol. The van der Waals surface area contributed by atoms with E-state index in [1.54, 1.807) is 12.1 Å². The maximum Gasteiger partial charge on any atom is 0.227 e. The van der Waals surface area contributed by atoms with Gasteiger partial charge in [-0.15, -0.1) is 0 Å². The minimum absolute atomic E-state index is 0.0420. The molecule has 6 heteroatoms. The number of hydrogen-bond acceptors (Lipinski definition) is 3. The van der Waals surface area contributed by atoms with Crippen molar-refractivity contribution in [3.8, 4) is 0 Å². The summed E-state index contributed by atoms with van der Waals surface area (Å²) in [6, 6.07) is 4.71. The van der Waals surface area contributed by atoms with Crippen molar-refractivity contribution in [2.45, 2.75) is 66.0 Å². The Kier molecular flexibility index (Phi) is 6.43. The molecule has 4 nitrogen and oxygen atoms in total. The number of nitrogens with zero attached hydrogens (tertiary/aromatic N) is 2. The fourth-order valence-corrected chi connectivity index (χ4v) is 4.47. The Labute approximate surface area is 171 Å². The van der Waals surface area contributed by atoms with Crippen molar-refractivity contribution < 1.29 is 13.7 Å². The Balaban J connectivity index is 1.93. The van der Waals surface area contributed by atoms with Crippen LogP contribution in [0.2, 0.25) is 5.02 Å². The third kappa shape index (κ3) is 4.24. The third-order valence-electron chi connectivity index (χ3n) is 6.28. The maximum absolute atomic E-state index is 14.5. The van der Waals surface area contributed by atoms with Gasteiger partial charge in [0.25, 0.3) is 0 Å². The third-order valence-corrected chi connectivity index (χ3v) is 6.64. The summed E-state index contributed by atoms with van der Waals surface area (Å²) in [6.07, 6.45) is 3.34. The van der Waals surface area contributed by atoms with E-state index in [9.17, 15) is 9.18 Å². The largest absolute Gasteiger partial charge is 0.361 e. The summed E-state index contributed by atoms with van der Waals surface area (Å²) in [6.45, 7) is 8.24. The molecule has 1 fully saturated rings. The second-order valence-electron chi connectivity index (χ2n) is 8.04. The molecule has 0 spiro atoms. The highest BCUT2D eigenvalue weighted by atomic mass is 35.5. The van der Waals surface area contributed by atoms with Crippen LogP contribution < -0.4 is 0 Å².